The lowest BCUT2D eigenvalue weighted by Crippen LogP contribution is -2.06. The summed E-state index contributed by atoms with van der Waals surface area (Å²) in [6, 6.07) is 13.6. The number of benzene rings is 2. The van der Waals surface area contributed by atoms with Crippen molar-refractivity contribution in [3.63, 3.8) is 0 Å². The van der Waals surface area contributed by atoms with E-state index in [1.807, 2.05) is 6.07 Å². The normalized spacial score (nSPS) is 10.0. The van der Waals surface area contributed by atoms with Gasteiger partial charge in [0.05, 0.1) is 5.56 Å². The summed E-state index contributed by atoms with van der Waals surface area (Å²) in [7, 11) is 0. The van der Waals surface area contributed by atoms with Crippen LogP contribution in [0, 0.1) is 0 Å². The van der Waals surface area contributed by atoms with E-state index in [-0.39, 0.29) is 11.3 Å². The average molecular weight is 243 g/mol. The number of hydrogen-bond donors (Lipinski definition) is 3. The summed E-state index contributed by atoms with van der Waals surface area (Å²) in [4.78, 5) is 11.0. The third-order valence-corrected chi connectivity index (χ3v) is 2.55. The molecule has 4 nitrogen and oxygen atoms in total. The summed E-state index contributed by atoms with van der Waals surface area (Å²) in [6.07, 6.45) is 0. The summed E-state index contributed by atoms with van der Waals surface area (Å²) in [6.45, 7) is 0.457. The molecule has 2 rings (SSSR count). The fraction of sp³-hybridized carbons (Fsp3) is 0.0714. The molecule has 0 fully saturated rings. The highest BCUT2D eigenvalue weighted by Gasteiger charge is 2.08. The van der Waals surface area contributed by atoms with Crippen molar-refractivity contribution >= 4 is 11.7 Å². The molecule has 0 atom stereocenters. The minimum atomic E-state index is -0.964. The van der Waals surface area contributed by atoms with E-state index in [1.54, 1.807) is 42.5 Å². The first-order valence-electron chi connectivity index (χ1n) is 5.51. The number of rotatable bonds is 4. The summed E-state index contributed by atoms with van der Waals surface area (Å²) in [5.74, 6) is -0.769. The lowest BCUT2D eigenvalue weighted by atomic mass is 10.1. The Balaban J connectivity index is 2.13. The Bertz CT molecular complexity index is 566. The van der Waals surface area contributed by atoms with Crippen LogP contribution < -0.4 is 5.32 Å². The van der Waals surface area contributed by atoms with E-state index in [9.17, 15) is 9.90 Å². The number of carboxylic acids is 1. The fourth-order valence-corrected chi connectivity index (χ4v) is 1.69. The first-order valence-corrected chi connectivity index (χ1v) is 5.51. The molecular weight excluding hydrogens is 230 g/mol. The molecule has 0 radical (unpaired) electrons. The average Bonchev–Trinajstić information content (AvgIpc) is 2.37. The van der Waals surface area contributed by atoms with Crippen LogP contribution in [0.2, 0.25) is 0 Å². The van der Waals surface area contributed by atoms with Gasteiger partial charge in [-0.1, -0.05) is 24.3 Å². The smallest absolute Gasteiger partial charge is 0.337 e. The number of nitrogens with one attached hydrogen (secondary N) is 1. The summed E-state index contributed by atoms with van der Waals surface area (Å²) >= 11 is 0. The zero-order valence-corrected chi connectivity index (χ0v) is 9.63. The Morgan fingerprint density at radius 3 is 2.61 bits per heavy atom. The molecule has 0 aliphatic carbocycles. The SMILES string of the molecule is O=C(O)c1ccccc1NCc1cccc(O)c1. The summed E-state index contributed by atoms with van der Waals surface area (Å²) in [5.41, 5.74) is 1.68. The third-order valence-electron chi connectivity index (χ3n) is 2.55. The lowest BCUT2D eigenvalue weighted by Gasteiger charge is -2.09. The highest BCUT2D eigenvalue weighted by molar-refractivity contribution is 5.94. The molecule has 0 spiro atoms. The molecule has 0 aliphatic rings. The van der Waals surface area contributed by atoms with Gasteiger partial charge in [0.2, 0.25) is 0 Å². The van der Waals surface area contributed by atoms with E-state index in [0.29, 0.717) is 12.2 Å². The number of hydrogen-bond acceptors (Lipinski definition) is 3. The van der Waals surface area contributed by atoms with Crippen LogP contribution in [0.25, 0.3) is 0 Å². The Hall–Kier alpha value is -2.49. The highest BCUT2D eigenvalue weighted by Crippen LogP contribution is 2.17. The molecule has 0 aliphatic heterocycles. The monoisotopic (exact) mass is 243 g/mol. The van der Waals surface area contributed by atoms with Gasteiger partial charge in [-0.25, -0.2) is 4.79 Å². The van der Waals surface area contributed by atoms with E-state index < -0.39 is 5.97 Å². The van der Waals surface area contributed by atoms with Crippen LogP contribution in [0.5, 0.6) is 5.75 Å². The molecule has 0 heterocycles. The molecule has 18 heavy (non-hydrogen) atoms. The number of phenols is 1. The lowest BCUT2D eigenvalue weighted by molar-refractivity contribution is 0.0698. The van der Waals surface area contributed by atoms with Gasteiger partial charge in [0.15, 0.2) is 0 Å². The zero-order chi connectivity index (χ0) is 13.0. The van der Waals surface area contributed by atoms with Crippen molar-refractivity contribution in [1.29, 1.82) is 0 Å². The Labute approximate surface area is 105 Å². The second-order valence-electron chi connectivity index (χ2n) is 3.87. The van der Waals surface area contributed by atoms with Gasteiger partial charge in [-0.15, -0.1) is 0 Å². The van der Waals surface area contributed by atoms with Crippen molar-refractivity contribution in [2.75, 3.05) is 5.32 Å². The van der Waals surface area contributed by atoms with Crippen LogP contribution in [0.15, 0.2) is 48.5 Å². The van der Waals surface area contributed by atoms with Crippen molar-refractivity contribution < 1.29 is 15.0 Å². The maximum Gasteiger partial charge on any atom is 0.337 e. The van der Waals surface area contributed by atoms with Gasteiger partial charge in [0.25, 0.3) is 0 Å². The van der Waals surface area contributed by atoms with Gasteiger partial charge in [0, 0.05) is 12.2 Å². The Morgan fingerprint density at radius 1 is 1.11 bits per heavy atom. The van der Waals surface area contributed by atoms with Gasteiger partial charge in [-0.3, -0.25) is 0 Å². The molecular formula is C14H13NO3. The number of para-hydroxylation sites is 1. The number of carboxylic acid groups (broad SMARTS) is 1. The largest absolute Gasteiger partial charge is 0.508 e. The van der Waals surface area contributed by atoms with E-state index in [4.69, 9.17) is 5.11 Å². The second kappa shape index (κ2) is 5.23. The maximum absolute atomic E-state index is 11.0. The first-order chi connectivity index (χ1) is 8.66. The van der Waals surface area contributed by atoms with Crippen LogP contribution in [-0.4, -0.2) is 16.2 Å². The summed E-state index contributed by atoms with van der Waals surface area (Å²) in [5, 5.41) is 21.4. The van der Waals surface area contributed by atoms with Gasteiger partial charge in [0.1, 0.15) is 5.75 Å². The van der Waals surface area contributed by atoms with Crippen molar-refractivity contribution in [1.82, 2.24) is 0 Å². The number of phenolic OH excluding ortho intramolecular Hbond substituents is 1. The molecule has 2 aromatic rings. The molecule has 0 saturated heterocycles. The predicted octanol–water partition coefficient (Wildman–Crippen LogP) is 2.70. The molecule has 0 saturated carbocycles. The number of carbonyl (C=O) groups is 1. The quantitative estimate of drug-likeness (QED) is 0.772. The molecule has 4 heteroatoms. The van der Waals surface area contributed by atoms with Crippen molar-refractivity contribution in [2.45, 2.75) is 6.54 Å². The highest BCUT2D eigenvalue weighted by atomic mass is 16.4. The van der Waals surface area contributed by atoms with Gasteiger partial charge < -0.3 is 15.5 Å². The summed E-state index contributed by atoms with van der Waals surface area (Å²) < 4.78 is 0. The Kier molecular flexibility index (Phi) is 3.48. The van der Waals surface area contributed by atoms with Gasteiger partial charge >= 0.3 is 5.97 Å². The molecule has 0 aromatic heterocycles. The van der Waals surface area contributed by atoms with Crippen molar-refractivity contribution in [3.8, 4) is 5.75 Å². The van der Waals surface area contributed by atoms with Crippen molar-refractivity contribution in [3.05, 3.63) is 59.7 Å². The van der Waals surface area contributed by atoms with E-state index in [2.05, 4.69) is 5.32 Å². The maximum atomic E-state index is 11.0. The number of aromatic carboxylic acids is 1. The second-order valence-corrected chi connectivity index (χ2v) is 3.87. The van der Waals surface area contributed by atoms with Crippen LogP contribution in [0.4, 0.5) is 5.69 Å². The zero-order valence-electron chi connectivity index (χ0n) is 9.63. The van der Waals surface area contributed by atoms with E-state index in [0.717, 1.165) is 5.56 Å². The van der Waals surface area contributed by atoms with Gasteiger partial charge in [-0.2, -0.15) is 0 Å². The van der Waals surface area contributed by atoms with Crippen molar-refractivity contribution in [2.24, 2.45) is 0 Å². The van der Waals surface area contributed by atoms with Gasteiger partial charge in [-0.05, 0) is 29.8 Å². The molecule has 92 valence electrons. The van der Waals surface area contributed by atoms with Crippen LogP contribution in [0.1, 0.15) is 15.9 Å². The first kappa shape index (κ1) is 12.0. The molecule has 0 amide bonds. The van der Waals surface area contributed by atoms with Crippen LogP contribution in [0.3, 0.4) is 0 Å². The fourth-order valence-electron chi connectivity index (χ4n) is 1.69. The predicted molar refractivity (Wildman–Crippen MR) is 68.8 cm³/mol. The topological polar surface area (TPSA) is 69.6 Å². The number of anilines is 1. The van der Waals surface area contributed by atoms with Crippen LogP contribution in [-0.2, 0) is 6.54 Å². The molecule has 0 bridgehead atoms. The third kappa shape index (κ3) is 2.79. The van der Waals surface area contributed by atoms with Crippen LogP contribution >= 0.6 is 0 Å². The number of aromatic hydroxyl groups is 1. The minimum Gasteiger partial charge on any atom is -0.508 e. The van der Waals surface area contributed by atoms with E-state index >= 15 is 0 Å². The Morgan fingerprint density at radius 2 is 1.89 bits per heavy atom. The standard InChI is InChI=1S/C14H13NO3/c16-11-5-3-4-10(8-11)9-15-13-7-2-1-6-12(13)14(17)18/h1-8,15-16H,9H2,(H,17,18). The molecule has 0 unspecified atom stereocenters. The minimum absolute atomic E-state index is 0.195. The molecule has 3 N–H and O–H groups in total. The molecule has 2 aromatic carbocycles. The van der Waals surface area contributed by atoms with E-state index in [1.165, 1.54) is 0 Å².